The molecular weight excluding hydrogens is 1440 g/mol. The molecule has 1 aliphatic carbocycles. The van der Waals surface area contributed by atoms with Gasteiger partial charge in [0, 0.05) is 74.6 Å². The summed E-state index contributed by atoms with van der Waals surface area (Å²) in [4.78, 5) is 46.4. The number of H-pyrrole nitrogens is 4. The zero-order valence-corrected chi connectivity index (χ0v) is 63.0. The van der Waals surface area contributed by atoms with Crippen molar-refractivity contribution in [1.82, 2.24) is 80.7 Å². The van der Waals surface area contributed by atoms with E-state index in [1.165, 1.54) is 38.5 Å². The molecular formula is C73H76Cl8N20. The summed E-state index contributed by atoms with van der Waals surface area (Å²) in [6, 6.07) is 22.0. The fraction of sp³-hybridized carbons (Fsp3) is 0.397. The minimum atomic E-state index is 0.400. The molecule has 0 radical (unpaired) electrons. The van der Waals surface area contributed by atoms with Crippen molar-refractivity contribution in [1.29, 1.82) is 0 Å². The highest BCUT2D eigenvalue weighted by Gasteiger charge is 2.53. The molecule has 1 saturated carbocycles. The van der Waals surface area contributed by atoms with Crippen LogP contribution in [0.5, 0.6) is 0 Å². The van der Waals surface area contributed by atoms with Gasteiger partial charge in [-0.1, -0.05) is 203 Å². The maximum absolute atomic E-state index is 6.34. The number of halogens is 8. The number of hydrogen-bond donors (Lipinski definition) is 4. The second-order valence-electron chi connectivity index (χ2n) is 28.4. The minimum absolute atomic E-state index is 0.400. The molecule has 4 aromatic carbocycles. The van der Waals surface area contributed by atoms with E-state index < -0.39 is 0 Å². The van der Waals surface area contributed by atoms with Gasteiger partial charge in [-0.3, -0.25) is 20.4 Å². The number of aromatic nitrogens is 16. The first kappa shape index (κ1) is 70.6. The molecule has 17 rings (SSSR count). The van der Waals surface area contributed by atoms with Crippen LogP contribution in [-0.4, -0.2) is 133 Å². The zero-order chi connectivity index (χ0) is 70.6. The summed E-state index contributed by atoms with van der Waals surface area (Å²) in [5.74, 6) is 6.04. The monoisotopic (exact) mass is 1510 g/mol. The highest BCUT2D eigenvalue weighted by Crippen LogP contribution is 2.52. The van der Waals surface area contributed by atoms with Gasteiger partial charge >= 0.3 is 0 Å². The molecule has 4 saturated heterocycles. The average molecular weight is 1520 g/mol. The SMILES string of the molecule is CC1(C)CCN(c2cnc3c(-c4cccc(Cl)c4Cl)[nH]nc3n2)CC1.CC1[C@H]2CN(c3cnc4c(-c5cccc(Cl)c5Cl)[nH]nc4n3)C[C@@H]12.CCC1(C)CCN(c2cnc3c(-c4cccc(Cl)c4Cl)[nH]nc3n2)CC1.CCC1(C)CCN(c2cnc3c(-c4cccc(Cl)c4Cl)[nH]nc3n2)CC1. The Morgan fingerprint density at radius 2 is 0.634 bits per heavy atom. The largest absolute Gasteiger partial charge is 0.355 e. The van der Waals surface area contributed by atoms with E-state index in [1.54, 1.807) is 24.3 Å². The van der Waals surface area contributed by atoms with Gasteiger partial charge in [-0.2, -0.15) is 20.4 Å². The predicted molar refractivity (Wildman–Crippen MR) is 412 cm³/mol. The lowest BCUT2D eigenvalue weighted by Gasteiger charge is -2.39. The molecule has 5 fully saturated rings. The van der Waals surface area contributed by atoms with Gasteiger partial charge in [-0.25, -0.2) is 39.9 Å². The van der Waals surface area contributed by atoms with E-state index in [0.717, 1.165) is 151 Å². The van der Waals surface area contributed by atoms with Crippen molar-refractivity contribution in [2.24, 2.45) is 34.0 Å². The lowest BCUT2D eigenvalue weighted by molar-refractivity contribution is 0.237. The third-order valence-electron chi connectivity index (χ3n) is 21.6. The van der Waals surface area contributed by atoms with Crippen molar-refractivity contribution in [2.45, 2.75) is 99.8 Å². The number of piperidine rings is 4. The van der Waals surface area contributed by atoms with Crippen molar-refractivity contribution < 1.29 is 0 Å². The van der Waals surface area contributed by atoms with Crippen LogP contribution in [0.25, 0.3) is 89.7 Å². The van der Waals surface area contributed by atoms with Gasteiger partial charge in [0.15, 0.2) is 0 Å². The average Bonchev–Trinajstić information content (AvgIpc) is 1.56. The third-order valence-corrected chi connectivity index (χ3v) is 24.8. The van der Waals surface area contributed by atoms with Crippen LogP contribution >= 0.6 is 92.8 Å². The molecule has 0 amide bonds. The molecule has 4 aliphatic heterocycles. The Kier molecular flexibility index (Phi) is 20.3. The molecule has 5 aliphatic rings. The van der Waals surface area contributed by atoms with Crippen molar-refractivity contribution in [3.8, 4) is 45.0 Å². The van der Waals surface area contributed by atoms with Gasteiger partial charge in [0.05, 0.1) is 87.7 Å². The number of rotatable bonds is 10. The van der Waals surface area contributed by atoms with Gasteiger partial charge in [0.1, 0.15) is 45.3 Å². The van der Waals surface area contributed by atoms with E-state index in [0.29, 0.717) is 101 Å². The molecule has 4 N–H and O–H groups in total. The molecule has 101 heavy (non-hydrogen) atoms. The number of hydrogen-bond acceptors (Lipinski definition) is 16. The summed E-state index contributed by atoms with van der Waals surface area (Å²) in [5, 5.41) is 33.3. The molecule has 8 aromatic heterocycles. The molecule has 0 spiro atoms. The lowest BCUT2D eigenvalue weighted by Crippen LogP contribution is -2.38. The molecule has 12 heterocycles. The Bertz CT molecular complexity index is 4840. The zero-order valence-electron chi connectivity index (χ0n) is 57.0. The maximum Gasteiger partial charge on any atom is 0.202 e. The summed E-state index contributed by atoms with van der Waals surface area (Å²) in [5.41, 5.74) is 12.6. The number of anilines is 4. The van der Waals surface area contributed by atoms with E-state index in [9.17, 15) is 0 Å². The number of benzene rings is 4. The molecule has 0 bridgehead atoms. The van der Waals surface area contributed by atoms with Gasteiger partial charge in [-0.05, 0) is 96.8 Å². The van der Waals surface area contributed by atoms with Crippen LogP contribution in [0.2, 0.25) is 40.2 Å². The molecule has 524 valence electrons. The van der Waals surface area contributed by atoms with Crippen molar-refractivity contribution >= 4 is 161 Å². The van der Waals surface area contributed by atoms with E-state index in [4.69, 9.17) is 103 Å². The Labute approximate surface area is 625 Å². The molecule has 20 nitrogen and oxygen atoms in total. The van der Waals surface area contributed by atoms with Gasteiger partial charge in [0.2, 0.25) is 22.6 Å². The summed E-state index contributed by atoms with van der Waals surface area (Å²) in [7, 11) is 0. The molecule has 28 heteroatoms. The molecule has 12 aromatic rings. The van der Waals surface area contributed by atoms with E-state index >= 15 is 0 Å². The summed E-state index contributed by atoms with van der Waals surface area (Å²) >= 11 is 49.8. The summed E-state index contributed by atoms with van der Waals surface area (Å²) in [6.45, 7) is 24.4. The first-order valence-electron chi connectivity index (χ1n) is 34.2. The van der Waals surface area contributed by atoms with Crippen LogP contribution in [0.1, 0.15) is 99.8 Å². The van der Waals surface area contributed by atoms with Gasteiger partial charge < -0.3 is 19.6 Å². The van der Waals surface area contributed by atoms with Crippen LogP contribution in [0.4, 0.5) is 23.3 Å². The van der Waals surface area contributed by atoms with Crippen molar-refractivity contribution in [3.63, 3.8) is 0 Å². The fourth-order valence-corrected chi connectivity index (χ4v) is 15.5. The first-order chi connectivity index (χ1) is 48.6. The highest BCUT2D eigenvalue weighted by molar-refractivity contribution is 6.45. The van der Waals surface area contributed by atoms with Crippen molar-refractivity contribution in [3.05, 3.63) is 138 Å². The van der Waals surface area contributed by atoms with E-state index in [2.05, 4.69) is 139 Å². The minimum Gasteiger partial charge on any atom is -0.355 e. The smallest absolute Gasteiger partial charge is 0.202 e. The Morgan fingerprint density at radius 1 is 0.376 bits per heavy atom. The van der Waals surface area contributed by atoms with Crippen LogP contribution in [-0.2, 0) is 0 Å². The molecule has 1 unspecified atom stereocenters. The number of nitrogens with one attached hydrogen (secondary N) is 4. The van der Waals surface area contributed by atoms with E-state index in [-0.39, 0.29) is 0 Å². The van der Waals surface area contributed by atoms with Gasteiger partial charge in [-0.15, -0.1) is 0 Å². The second-order valence-corrected chi connectivity index (χ2v) is 31.6. The van der Waals surface area contributed by atoms with Crippen LogP contribution in [0, 0.1) is 34.0 Å². The number of nitrogens with zero attached hydrogens (tertiary/aromatic N) is 16. The second kappa shape index (κ2) is 29.0. The number of fused-ring (bicyclic) bond motifs is 5. The Balaban J connectivity index is 0.000000114. The quantitative estimate of drug-likeness (QED) is 0.0997. The molecule has 3 atom stereocenters. The topological polar surface area (TPSA) is 231 Å². The Morgan fingerprint density at radius 3 is 0.901 bits per heavy atom. The maximum atomic E-state index is 6.34. The Hall–Kier alpha value is -7.40. The van der Waals surface area contributed by atoms with Crippen LogP contribution in [0.3, 0.4) is 0 Å². The normalized spacial score (nSPS) is 19.0. The van der Waals surface area contributed by atoms with E-state index in [1.807, 2.05) is 73.3 Å². The van der Waals surface area contributed by atoms with Crippen molar-refractivity contribution in [2.75, 3.05) is 72.0 Å². The lowest BCUT2D eigenvalue weighted by atomic mass is 9.78. The number of aromatic amines is 4. The standard InChI is InChI=1S/2C19H21Cl2N5.C18H19Cl2N5.C17H15Cl2N5/c2*1-3-19(2)7-9-26(10-8-19)14-11-22-17-16(24-25-18(17)23-14)12-5-4-6-13(20)15(12)21;1-18(2)6-8-25(9-7-18)13-10-21-16-15(23-24-17(16)22-13)11-4-3-5-12(19)14(11)20;1-8-10-6-24(7-11(8)10)13-5-20-16-15(22-23-17(16)21-13)9-3-2-4-12(18)14(9)19/h2*4-6,11H,3,7-10H2,1-2H3,(H,23,24,25);3-5,10H,6-9H2,1-2H3,(H,22,23,24);2-5,8,10-11H,6-7H2,1H3,(H,21,22,23)/t;;;8?,10-,11+. The summed E-state index contributed by atoms with van der Waals surface area (Å²) < 4.78 is 0. The summed E-state index contributed by atoms with van der Waals surface area (Å²) in [6.07, 6.45) is 16.7. The highest BCUT2D eigenvalue weighted by atomic mass is 35.5. The fourth-order valence-electron chi connectivity index (χ4n) is 13.9. The van der Waals surface area contributed by atoms with Crippen LogP contribution < -0.4 is 19.6 Å². The predicted octanol–water partition coefficient (Wildman–Crippen LogP) is 19.7. The first-order valence-corrected chi connectivity index (χ1v) is 37.2. The van der Waals surface area contributed by atoms with Crippen LogP contribution in [0.15, 0.2) is 97.6 Å². The van der Waals surface area contributed by atoms with Gasteiger partial charge in [0.25, 0.3) is 0 Å². The third kappa shape index (κ3) is 14.5.